The quantitative estimate of drug-likeness (QED) is 0.375. The van der Waals surface area contributed by atoms with Crippen LogP contribution in [-0.2, 0) is 16.1 Å². The lowest BCUT2D eigenvalue weighted by atomic mass is 9.98. The van der Waals surface area contributed by atoms with Crippen molar-refractivity contribution in [3.63, 3.8) is 0 Å². The number of esters is 1. The van der Waals surface area contributed by atoms with Crippen LogP contribution in [0.3, 0.4) is 0 Å². The summed E-state index contributed by atoms with van der Waals surface area (Å²) in [6, 6.07) is 13.1. The Hall–Kier alpha value is -3.20. The van der Waals surface area contributed by atoms with Gasteiger partial charge < -0.3 is 14.5 Å². The molecule has 0 aliphatic carbocycles. The van der Waals surface area contributed by atoms with E-state index in [4.69, 9.17) is 4.74 Å². The molecule has 0 spiro atoms. The van der Waals surface area contributed by atoms with E-state index in [9.17, 15) is 18.8 Å². The van der Waals surface area contributed by atoms with Crippen LogP contribution in [0.25, 0.3) is 0 Å². The van der Waals surface area contributed by atoms with Gasteiger partial charge in [-0.3, -0.25) is 19.3 Å². The fraction of sp³-hybridized carbons (Fsp3) is 0.346. The van der Waals surface area contributed by atoms with Gasteiger partial charge in [0.1, 0.15) is 5.82 Å². The predicted molar refractivity (Wildman–Crippen MR) is 134 cm³/mol. The zero-order valence-corrected chi connectivity index (χ0v) is 21.7. The van der Waals surface area contributed by atoms with Gasteiger partial charge >= 0.3 is 5.97 Å². The third kappa shape index (κ3) is 5.90. The van der Waals surface area contributed by atoms with Gasteiger partial charge in [-0.2, -0.15) is 0 Å². The molecule has 2 aliphatic rings. The van der Waals surface area contributed by atoms with E-state index >= 15 is 0 Å². The topological polar surface area (TPSA) is 70.2 Å². The minimum atomic E-state index is -0.606. The maximum atomic E-state index is 13.3. The molecule has 0 atom stereocenters. The SMILES string of the molecule is Br.CC(C)(C)C(=O)OCN1C=C(CCN2C(=O)c3ccccc3C2=O)N(Cc2ccc(F)cc2)C1. The Bertz CT molecular complexity index is 1110. The van der Waals surface area contributed by atoms with Crippen LogP contribution in [0.5, 0.6) is 0 Å². The summed E-state index contributed by atoms with van der Waals surface area (Å²) in [7, 11) is 0. The molecule has 2 heterocycles. The van der Waals surface area contributed by atoms with Crippen LogP contribution in [0.15, 0.2) is 60.4 Å². The van der Waals surface area contributed by atoms with Gasteiger partial charge in [0.2, 0.25) is 0 Å². The monoisotopic (exact) mass is 545 g/mol. The Labute approximate surface area is 214 Å². The van der Waals surface area contributed by atoms with E-state index < -0.39 is 5.41 Å². The van der Waals surface area contributed by atoms with Gasteiger partial charge in [0.25, 0.3) is 11.8 Å². The smallest absolute Gasteiger partial charge is 0.312 e. The van der Waals surface area contributed by atoms with Crippen molar-refractivity contribution in [2.75, 3.05) is 19.9 Å². The Morgan fingerprint density at radius 2 is 1.60 bits per heavy atom. The largest absolute Gasteiger partial charge is 0.444 e. The van der Waals surface area contributed by atoms with Crippen LogP contribution >= 0.6 is 17.0 Å². The molecule has 0 unspecified atom stereocenters. The lowest BCUT2D eigenvalue weighted by Gasteiger charge is -2.25. The standard InChI is InChI=1S/C26H28FN3O4.BrH/c1-26(2,3)25(33)34-17-28-15-20(29(16-28)14-18-8-10-19(27)11-9-18)12-13-30-23(31)21-6-4-5-7-22(21)24(30)32;/h4-11,15H,12-14,16-17H2,1-3H3;1H. The molecule has 0 N–H and O–H groups in total. The summed E-state index contributed by atoms with van der Waals surface area (Å²) >= 11 is 0. The molecule has 186 valence electrons. The molecule has 0 radical (unpaired) electrons. The fourth-order valence-corrected chi connectivity index (χ4v) is 3.93. The number of imide groups is 1. The maximum absolute atomic E-state index is 13.3. The van der Waals surface area contributed by atoms with E-state index in [-0.39, 0.29) is 53.9 Å². The van der Waals surface area contributed by atoms with Crippen LogP contribution in [-0.4, -0.2) is 52.4 Å². The number of hydrogen-bond donors (Lipinski definition) is 0. The molecule has 0 saturated carbocycles. The first-order chi connectivity index (χ1) is 16.1. The van der Waals surface area contributed by atoms with Crippen molar-refractivity contribution in [2.45, 2.75) is 33.7 Å². The van der Waals surface area contributed by atoms with Crippen molar-refractivity contribution in [1.29, 1.82) is 0 Å². The van der Waals surface area contributed by atoms with Crippen molar-refractivity contribution in [3.05, 3.63) is 82.9 Å². The van der Waals surface area contributed by atoms with Crippen molar-refractivity contribution >= 4 is 34.8 Å². The summed E-state index contributed by atoms with van der Waals surface area (Å²) in [4.78, 5) is 42.8. The molecule has 2 aromatic carbocycles. The second kappa shape index (κ2) is 10.6. The second-order valence-corrected chi connectivity index (χ2v) is 9.54. The Morgan fingerprint density at radius 1 is 1.00 bits per heavy atom. The van der Waals surface area contributed by atoms with E-state index in [0.717, 1.165) is 11.3 Å². The highest BCUT2D eigenvalue weighted by molar-refractivity contribution is 8.93. The van der Waals surface area contributed by atoms with E-state index in [2.05, 4.69) is 4.90 Å². The van der Waals surface area contributed by atoms with Crippen LogP contribution in [0.4, 0.5) is 4.39 Å². The van der Waals surface area contributed by atoms with Gasteiger partial charge in [-0.25, -0.2) is 4.39 Å². The highest BCUT2D eigenvalue weighted by Gasteiger charge is 2.35. The average molecular weight is 546 g/mol. The Kier molecular flexibility index (Phi) is 8.00. The first-order valence-electron chi connectivity index (χ1n) is 11.2. The lowest BCUT2D eigenvalue weighted by molar-refractivity contribution is -0.157. The number of carbonyl (C=O) groups excluding carboxylic acids is 3. The third-order valence-corrected chi connectivity index (χ3v) is 5.82. The minimum Gasteiger partial charge on any atom is -0.444 e. The first kappa shape index (κ1) is 26.4. The van der Waals surface area contributed by atoms with Crippen LogP contribution < -0.4 is 0 Å². The number of ether oxygens (including phenoxy) is 1. The molecule has 35 heavy (non-hydrogen) atoms. The summed E-state index contributed by atoms with van der Waals surface area (Å²) in [6.45, 7) is 6.68. The second-order valence-electron chi connectivity index (χ2n) is 9.54. The molecule has 0 aromatic heterocycles. The van der Waals surface area contributed by atoms with Crippen molar-refractivity contribution in [1.82, 2.24) is 14.7 Å². The van der Waals surface area contributed by atoms with Crippen molar-refractivity contribution < 1.29 is 23.5 Å². The molecule has 4 rings (SSSR count). The van der Waals surface area contributed by atoms with Gasteiger partial charge in [-0.05, 0) is 50.6 Å². The number of carbonyl (C=O) groups is 3. The molecular formula is C26H29BrFN3O4. The number of benzene rings is 2. The van der Waals surface area contributed by atoms with E-state index in [0.29, 0.717) is 30.8 Å². The van der Waals surface area contributed by atoms with Crippen LogP contribution in [0.2, 0.25) is 0 Å². The Balaban J connectivity index is 0.00000342. The average Bonchev–Trinajstić information content (AvgIpc) is 3.29. The van der Waals surface area contributed by atoms with E-state index in [1.165, 1.54) is 17.0 Å². The minimum absolute atomic E-state index is 0. The maximum Gasteiger partial charge on any atom is 0.312 e. The summed E-state index contributed by atoms with van der Waals surface area (Å²) < 4.78 is 18.8. The van der Waals surface area contributed by atoms with Crippen molar-refractivity contribution in [3.8, 4) is 0 Å². The molecule has 2 amide bonds. The highest BCUT2D eigenvalue weighted by Crippen LogP contribution is 2.27. The number of fused-ring (bicyclic) bond motifs is 1. The number of hydrogen-bond acceptors (Lipinski definition) is 6. The fourth-order valence-electron chi connectivity index (χ4n) is 3.93. The normalized spacial score (nSPS) is 15.2. The molecule has 0 saturated heterocycles. The highest BCUT2D eigenvalue weighted by atomic mass is 79.9. The third-order valence-electron chi connectivity index (χ3n) is 5.82. The Morgan fingerprint density at radius 3 is 2.17 bits per heavy atom. The van der Waals surface area contributed by atoms with Gasteiger partial charge in [0.05, 0.1) is 23.2 Å². The summed E-state index contributed by atoms with van der Waals surface area (Å²) in [5.41, 5.74) is 2.05. The molecule has 0 bridgehead atoms. The molecule has 2 aromatic rings. The number of rotatable bonds is 7. The molecular weight excluding hydrogens is 517 g/mol. The molecule has 2 aliphatic heterocycles. The van der Waals surface area contributed by atoms with Crippen LogP contribution in [0.1, 0.15) is 53.5 Å². The first-order valence-corrected chi connectivity index (χ1v) is 11.2. The van der Waals surface area contributed by atoms with Gasteiger partial charge in [0, 0.05) is 31.4 Å². The summed E-state index contributed by atoms with van der Waals surface area (Å²) in [5, 5.41) is 0. The zero-order chi connectivity index (χ0) is 24.5. The molecule has 9 heteroatoms. The number of amides is 2. The summed E-state index contributed by atoms with van der Waals surface area (Å²) in [5.74, 6) is -1.19. The van der Waals surface area contributed by atoms with E-state index in [1.807, 2.05) is 11.1 Å². The van der Waals surface area contributed by atoms with E-state index in [1.54, 1.807) is 57.2 Å². The predicted octanol–water partition coefficient (Wildman–Crippen LogP) is 4.55. The van der Waals surface area contributed by atoms with Gasteiger partial charge in [0.15, 0.2) is 6.73 Å². The number of nitrogens with zero attached hydrogens (tertiary/aromatic N) is 3. The zero-order valence-electron chi connectivity index (χ0n) is 20.0. The van der Waals surface area contributed by atoms with Gasteiger partial charge in [-0.15, -0.1) is 17.0 Å². The van der Waals surface area contributed by atoms with Crippen LogP contribution in [0, 0.1) is 11.2 Å². The molecule has 0 fully saturated rings. The summed E-state index contributed by atoms with van der Waals surface area (Å²) in [6.07, 6.45) is 2.33. The van der Waals surface area contributed by atoms with Gasteiger partial charge in [-0.1, -0.05) is 24.3 Å². The van der Waals surface area contributed by atoms with Crippen molar-refractivity contribution in [2.24, 2.45) is 5.41 Å². The number of halogens is 2. The lowest BCUT2D eigenvalue weighted by Crippen LogP contribution is -2.33. The molecule has 7 nitrogen and oxygen atoms in total.